The van der Waals surface area contributed by atoms with Gasteiger partial charge in [-0.1, -0.05) is 30.3 Å². The molecule has 0 saturated heterocycles. The van der Waals surface area contributed by atoms with Crippen LogP contribution in [0.3, 0.4) is 0 Å². The first-order chi connectivity index (χ1) is 9.88. The normalized spacial score (nSPS) is 11.8. The van der Waals surface area contributed by atoms with Crippen molar-refractivity contribution in [3.8, 4) is 5.75 Å². The molecule has 0 bridgehead atoms. The molecule has 0 heterocycles. The number of hydrogen-bond donors (Lipinski definition) is 1. The molecule has 0 amide bonds. The predicted octanol–water partition coefficient (Wildman–Crippen LogP) is 4.31. The minimum atomic E-state index is -4.38. The lowest BCUT2D eigenvalue weighted by Crippen LogP contribution is -2.04. The number of carbonyl (C=O) groups excluding carboxylic acids is 1. The summed E-state index contributed by atoms with van der Waals surface area (Å²) in [7, 11) is 0. The smallest absolute Gasteiger partial charge is 0.416 e. The molecule has 0 spiro atoms. The second-order valence-corrected chi connectivity index (χ2v) is 4.33. The molecule has 0 aliphatic rings. The second kappa shape index (κ2) is 5.83. The molecule has 0 aromatic heterocycles. The van der Waals surface area contributed by atoms with E-state index in [9.17, 15) is 23.1 Å². The predicted molar refractivity (Wildman–Crippen MR) is 72.9 cm³/mol. The van der Waals surface area contributed by atoms with Gasteiger partial charge in [0.05, 0.1) is 11.1 Å². The Morgan fingerprint density at radius 2 is 1.62 bits per heavy atom. The molecule has 5 heteroatoms. The first-order valence-electron chi connectivity index (χ1n) is 6.05. The summed E-state index contributed by atoms with van der Waals surface area (Å²) in [6.07, 6.45) is -1.78. The largest absolute Gasteiger partial charge is 0.507 e. The van der Waals surface area contributed by atoms with Gasteiger partial charge in [0.2, 0.25) is 0 Å². The lowest BCUT2D eigenvalue weighted by Gasteiger charge is -2.05. The summed E-state index contributed by atoms with van der Waals surface area (Å²) in [6.45, 7) is 0. The topological polar surface area (TPSA) is 37.3 Å². The highest BCUT2D eigenvalue weighted by molar-refractivity contribution is 6.08. The number of phenols is 1. The molecule has 21 heavy (non-hydrogen) atoms. The van der Waals surface area contributed by atoms with Crippen molar-refractivity contribution in [2.75, 3.05) is 0 Å². The number of carbonyl (C=O) groups is 1. The van der Waals surface area contributed by atoms with Crippen LogP contribution in [0.5, 0.6) is 5.75 Å². The zero-order valence-corrected chi connectivity index (χ0v) is 10.8. The maximum Gasteiger partial charge on any atom is 0.416 e. The molecular formula is C16H11F3O2. The Morgan fingerprint density at radius 1 is 1.00 bits per heavy atom. The molecule has 2 aromatic rings. The Balaban J connectivity index is 2.15. The van der Waals surface area contributed by atoms with Gasteiger partial charge in [0.25, 0.3) is 0 Å². The van der Waals surface area contributed by atoms with E-state index in [0.717, 1.165) is 12.1 Å². The molecule has 2 nitrogen and oxygen atoms in total. The van der Waals surface area contributed by atoms with E-state index in [0.29, 0.717) is 5.56 Å². The monoisotopic (exact) mass is 292 g/mol. The van der Waals surface area contributed by atoms with Crippen LogP contribution < -0.4 is 0 Å². The van der Waals surface area contributed by atoms with Gasteiger partial charge < -0.3 is 5.11 Å². The van der Waals surface area contributed by atoms with Crippen LogP contribution in [0, 0.1) is 0 Å². The van der Waals surface area contributed by atoms with Crippen LogP contribution >= 0.6 is 0 Å². The summed E-state index contributed by atoms with van der Waals surface area (Å²) in [6, 6.07) is 10.5. The van der Waals surface area contributed by atoms with Gasteiger partial charge in [-0.15, -0.1) is 0 Å². The molecule has 0 atom stereocenters. The molecule has 0 radical (unpaired) electrons. The van der Waals surface area contributed by atoms with Crippen molar-refractivity contribution < 1.29 is 23.1 Å². The maximum absolute atomic E-state index is 12.4. The summed E-state index contributed by atoms with van der Waals surface area (Å²) in [5.41, 5.74) is -0.140. The number of benzene rings is 2. The fourth-order valence-electron chi connectivity index (χ4n) is 1.73. The van der Waals surface area contributed by atoms with E-state index in [1.807, 2.05) is 0 Å². The van der Waals surface area contributed by atoms with Gasteiger partial charge in [-0.3, -0.25) is 4.79 Å². The van der Waals surface area contributed by atoms with Crippen molar-refractivity contribution in [3.05, 3.63) is 71.3 Å². The van der Waals surface area contributed by atoms with E-state index < -0.39 is 17.5 Å². The van der Waals surface area contributed by atoms with Crippen molar-refractivity contribution in [2.45, 2.75) is 6.18 Å². The summed E-state index contributed by atoms with van der Waals surface area (Å²) >= 11 is 0. The first kappa shape index (κ1) is 14.8. The van der Waals surface area contributed by atoms with Gasteiger partial charge in [-0.25, -0.2) is 0 Å². The summed E-state index contributed by atoms with van der Waals surface area (Å²) in [5.74, 6) is -0.562. The van der Waals surface area contributed by atoms with E-state index in [-0.39, 0.29) is 11.3 Å². The maximum atomic E-state index is 12.4. The second-order valence-electron chi connectivity index (χ2n) is 4.33. The van der Waals surface area contributed by atoms with Crippen LogP contribution in [0.4, 0.5) is 13.2 Å². The lowest BCUT2D eigenvalue weighted by atomic mass is 10.1. The fourth-order valence-corrected chi connectivity index (χ4v) is 1.73. The zero-order chi connectivity index (χ0) is 15.5. The molecule has 0 saturated carbocycles. The van der Waals surface area contributed by atoms with Crippen LogP contribution in [0.15, 0.2) is 54.6 Å². The standard InChI is InChI=1S/C16H11F3O2/c17-16(18,19)12-8-5-11(6-9-12)7-10-15(21)13-3-1-2-4-14(13)20/h1-10,20H. The highest BCUT2D eigenvalue weighted by atomic mass is 19.4. The van der Waals surface area contributed by atoms with Crippen LogP contribution in [0.25, 0.3) is 6.08 Å². The quantitative estimate of drug-likeness (QED) is 0.676. The van der Waals surface area contributed by atoms with Gasteiger partial charge >= 0.3 is 6.18 Å². The summed E-state index contributed by atoms with van der Waals surface area (Å²) < 4.78 is 37.2. The Morgan fingerprint density at radius 3 is 2.19 bits per heavy atom. The van der Waals surface area contributed by atoms with E-state index in [1.165, 1.54) is 36.4 Å². The molecular weight excluding hydrogens is 281 g/mol. The van der Waals surface area contributed by atoms with Crippen LogP contribution in [0.2, 0.25) is 0 Å². The van der Waals surface area contributed by atoms with Gasteiger partial charge in [0.15, 0.2) is 5.78 Å². The van der Waals surface area contributed by atoms with Gasteiger partial charge in [-0.05, 0) is 35.9 Å². The number of alkyl halides is 3. The zero-order valence-electron chi connectivity index (χ0n) is 10.8. The average molecular weight is 292 g/mol. The Hall–Kier alpha value is -2.56. The Bertz CT molecular complexity index is 671. The highest BCUT2D eigenvalue weighted by Crippen LogP contribution is 2.29. The summed E-state index contributed by atoms with van der Waals surface area (Å²) in [4.78, 5) is 11.8. The first-order valence-corrected chi connectivity index (χ1v) is 6.05. The van der Waals surface area contributed by atoms with Gasteiger partial charge in [-0.2, -0.15) is 13.2 Å². The number of aromatic hydroxyl groups is 1. The molecule has 0 unspecified atom stereocenters. The van der Waals surface area contributed by atoms with Gasteiger partial charge in [0.1, 0.15) is 5.75 Å². The molecule has 2 rings (SSSR count). The van der Waals surface area contributed by atoms with Crippen LogP contribution in [-0.4, -0.2) is 10.9 Å². The van der Waals surface area contributed by atoms with Crippen molar-refractivity contribution in [3.63, 3.8) is 0 Å². The number of rotatable bonds is 3. The molecule has 0 aliphatic carbocycles. The van der Waals surface area contributed by atoms with E-state index in [4.69, 9.17) is 0 Å². The SMILES string of the molecule is O=C(C=Cc1ccc(C(F)(F)F)cc1)c1ccccc1O. The molecule has 0 fully saturated rings. The minimum absolute atomic E-state index is 0.139. The van der Waals surface area contributed by atoms with Crippen molar-refractivity contribution >= 4 is 11.9 Å². The molecule has 108 valence electrons. The van der Waals surface area contributed by atoms with Crippen LogP contribution in [0.1, 0.15) is 21.5 Å². The number of halogens is 3. The van der Waals surface area contributed by atoms with E-state index >= 15 is 0 Å². The van der Waals surface area contributed by atoms with E-state index in [1.54, 1.807) is 12.1 Å². The molecule has 1 N–H and O–H groups in total. The number of phenolic OH excluding ortho intramolecular Hbond substituents is 1. The fraction of sp³-hybridized carbons (Fsp3) is 0.0625. The minimum Gasteiger partial charge on any atom is -0.507 e. The average Bonchev–Trinajstić information content (AvgIpc) is 2.45. The van der Waals surface area contributed by atoms with E-state index in [2.05, 4.69) is 0 Å². The van der Waals surface area contributed by atoms with Crippen molar-refractivity contribution in [2.24, 2.45) is 0 Å². The Labute approximate surface area is 119 Å². The van der Waals surface area contributed by atoms with Crippen LogP contribution in [-0.2, 0) is 6.18 Å². The molecule has 2 aromatic carbocycles. The number of para-hydroxylation sites is 1. The van der Waals surface area contributed by atoms with Crippen molar-refractivity contribution in [1.82, 2.24) is 0 Å². The summed E-state index contributed by atoms with van der Waals surface area (Å²) in [5, 5.41) is 9.52. The third-order valence-electron chi connectivity index (χ3n) is 2.83. The van der Waals surface area contributed by atoms with Gasteiger partial charge in [0, 0.05) is 0 Å². The number of ketones is 1. The third-order valence-corrected chi connectivity index (χ3v) is 2.83. The lowest BCUT2D eigenvalue weighted by molar-refractivity contribution is -0.137. The highest BCUT2D eigenvalue weighted by Gasteiger charge is 2.29. The third kappa shape index (κ3) is 3.72. The van der Waals surface area contributed by atoms with Crippen molar-refractivity contribution in [1.29, 1.82) is 0 Å². The number of allylic oxidation sites excluding steroid dienone is 1. The number of hydrogen-bond acceptors (Lipinski definition) is 2. The Kier molecular flexibility index (Phi) is 4.12. The molecule has 0 aliphatic heterocycles.